The topological polar surface area (TPSA) is 127 Å². The van der Waals surface area contributed by atoms with E-state index in [4.69, 9.17) is 5.14 Å². The number of aliphatic hydroxyl groups excluding tert-OH is 1. The lowest BCUT2D eigenvalue weighted by atomic mass is 10.1. The number of hydrogen-bond acceptors (Lipinski definition) is 7. The quantitative estimate of drug-likeness (QED) is 0.702. The summed E-state index contributed by atoms with van der Waals surface area (Å²) in [6.45, 7) is 5.56. The van der Waals surface area contributed by atoms with Crippen LogP contribution in [0.1, 0.15) is 29.9 Å². The van der Waals surface area contributed by atoms with E-state index in [1.807, 2.05) is 20.8 Å². The van der Waals surface area contributed by atoms with E-state index in [1.54, 1.807) is 0 Å². The fourth-order valence-electron chi connectivity index (χ4n) is 2.68. The van der Waals surface area contributed by atoms with Crippen molar-refractivity contribution < 1.29 is 17.7 Å². The first kappa shape index (κ1) is 17.1. The Bertz CT molecular complexity index is 650. The molecule has 0 radical (unpaired) electrons. The molecule has 1 saturated carbocycles. The second-order valence-corrected chi connectivity index (χ2v) is 6.97. The molecule has 1 aliphatic rings. The summed E-state index contributed by atoms with van der Waals surface area (Å²) in [6, 6.07) is -0.00326. The van der Waals surface area contributed by atoms with Crippen molar-refractivity contribution in [2.45, 2.75) is 45.8 Å². The summed E-state index contributed by atoms with van der Waals surface area (Å²) in [5.41, 5.74) is 1.87. The van der Waals surface area contributed by atoms with Gasteiger partial charge in [0, 0.05) is 23.2 Å². The van der Waals surface area contributed by atoms with Crippen molar-refractivity contribution in [2.24, 2.45) is 11.1 Å². The van der Waals surface area contributed by atoms with Crippen LogP contribution in [0.2, 0.25) is 0 Å². The van der Waals surface area contributed by atoms with Crippen LogP contribution < -0.4 is 10.5 Å². The molecule has 3 atom stereocenters. The minimum atomic E-state index is -3.98. The van der Waals surface area contributed by atoms with E-state index in [-0.39, 0.29) is 18.6 Å². The van der Waals surface area contributed by atoms with Gasteiger partial charge in [0.05, 0.1) is 12.7 Å². The normalized spacial score (nSPS) is 25.4. The van der Waals surface area contributed by atoms with Gasteiger partial charge in [0.1, 0.15) is 11.6 Å². The van der Waals surface area contributed by atoms with E-state index in [0.717, 1.165) is 17.1 Å². The number of nitrogens with one attached hydrogen (secondary N) is 1. The molecule has 1 aromatic rings. The van der Waals surface area contributed by atoms with Crippen molar-refractivity contribution in [3.8, 4) is 0 Å². The molecule has 0 aliphatic heterocycles. The summed E-state index contributed by atoms with van der Waals surface area (Å²) in [6.07, 6.45) is 0.446. The van der Waals surface area contributed by atoms with Crippen LogP contribution in [0, 0.1) is 26.7 Å². The number of anilines is 1. The fraction of sp³-hybridized carbons (Fsp3) is 0.692. The van der Waals surface area contributed by atoms with Crippen LogP contribution in [-0.4, -0.2) is 42.2 Å². The summed E-state index contributed by atoms with van der Waals surface area (Å²) in [7, 11) is -3.98. The monoisotopic (exact) mass is 330 g/mol. The van der Waals surface area contributed by atoms with Gasteiger partial charge in [-0.3, -0.25) is 4.18 Å². The predicted molar refractivity (Wildman–Crippen MR) is 81.4 cm³/mol. The van der Waals surface area contributed by atoms with Gasteiger partial charge in [-0.1, -0.05) is 0 Å². The molecular weight excluding hydrogens is 308 g/mol. The van der Waals surface area contributed by atoms with Crippen molar-refractivity contribution in [1.29, 1.82) is 0 Å². The third-order valence-corrected chi connectivity index (χ3v) is 4.41. The SMILES string of the molecule is Cc1nc(C)c(C)c(N[C@@H]2CC(COS(N)(=O)=O)[C@@H](O)C2)n1. The van der Waals surface area contributed by atoms with Gasteiger partial charge in [-0.25, -0.2) is 15.1 Å². The van der Waals surface area contributed by atoms with E-state index in [1.165, 1.54) is 0 Å². The molecule has 1 aliphatic carbocycles. The lowest BCUT2D eigenvalue weighted by Crippen LogP contribution is -2.24. The Morgan fingerprint density at radius 1 is 1.32 bits per heavy atom. The molecule has 1 aromatic heterocycles. The molecule has 1 fully saturated rings. The Labute approximate surface area is 130 Å². The molecule has 0 bridgehead atoms. The maximum Gasteiger partial charge on any atom is 0.333 e. The average Bonchev–Trinajstić information content (AvgIpc) is 2.72. The molecule has 0 spiro atoms. The van der Waals surface area contributed by atoms with Crippen LogP contribution in [-0.2, 0) is 14.5 Å². The summed E-state index contributed by atoms with van der Waals surface area (Å²) >= 11 is 0. The summed E-state index contributed by atoms with van der Waals surface area (Å²) in [4.78, 5) is 8.68. The molecule has 22 heavy (non-hydrogen) atoms. The van der Waals surface area contributed by atoms with E-state index < -0.39 is 16.4 Å². The van der Waals surface area contributed by atoms with Crippen LogP contribution in [0.3, 0.4) is 0 Å². The summed E-state index contributed by atoms with van der Waals surface area (Å²) in [5.74, 6) is 1.15. The van der Waals surface area contributed by atoms with Crippen LogP contribution in [0.4, 0.5) is 5.82 Å². The highest BCUT2D eigenvalue weighted by molar-refractivity contribution is 7.84. The minimum Gasteiger partial charge on any atom is -0.393 e. The number of nitrogens with two attached hydrogens (primary N) is 1. The maximum atomic E-state index is 10.8. The maximum absolute atomic E-state index is 10.8. The van der Waals surface area contributed by atoms with Crippen LogP contribution >= 0.6 is 0 Å². The number of aliphatic hydroxyl groups is 1. The largest absolute Gasteiger partial charge is 0.393 e. The number of nitrogens with zero attached hydrogens (tertiary/aromatic N) is 2. The highest BCUT2D eigenvalue weighted by atomic mass is 32.2. The standard InChI is InChI=1S/C13H22N4O4S/c1-7-8(2)15-9(3)16-13(7)17-11-4-10(12(18)5-11)6-21-22(14,19)20/h10-12,18H,4-6H2,1-3H3,(H2,14,19,20)(H,15,16,17)/t10?,11-,12+/m1/s1. The molecule has 0 aromatic carbocycles. The Kier molecular flexibility index (Phi) is 5.00. The van der Waals surface area contributed by atoms with Gasteiger partial charge in [0.25, 0.3) is 0 Å². The zero-order chi connectivity index (χ0) is 16.5. The number of hydrogen-bond donors (Lipinski definition) is 3. The van der Waals surface area contributed by atoms with Gasteiger partial charge in [-0.05, 0) is 33.6 Å². The van der Waals surface area contributed by atoms with Crippen molar-refractivity contribution in [3.05, 3.63) is 17.1 Å². The number of aryl methyl sites for hydroxylation is 2. The fourth-order valence-corrected chi connectivity index (χ4v) is 3.05. The molecule has 8 nitrogen and oxygen atoms in total. The highest BCUT2D eigenvalue weighted by Crippen LogP contribution is 2.29. The Morgan fingerprint density at radius 3 is 2.64 bits per heavy atom. The van der Waals surface area contributed by atoms with Crippen molar-refractivity contribution in [1.82, 2.24) is 9.97 Å². The molecule has 2 rings (SSSR count). The zero-order valence-corrected chi connectivity index (χ0v) is 13.7. The lowest BCUT2D eigenvalue weighted by Gasteiger charge is -2.16. The average molecular weight is 330 g/mol. The van der Waals surface area contributed by atoms with Crippen molar-refractivity contribution >= 4 is 16.1 Å². The Hall–Kier alpha value is -1.29. The molecule has 124 valence electrons. The van der Waals surface area contributed by atoms with Crippen LogP contribution in [0.5, 0.6) is 0 Å². The van der Waals surface area contributed by atoms with Gasteiger partial charge >= 0.3 is 10.3 Å². The lowest BCUT2D eigenvalue weighted by molar-refractivity contribution is 0.101. The predicted octanol–water partition coefficient (Wildman–Crippen LogP) is 0.173. The van der Waals surface area contributed by atoms with Gasteiger partial charge < -0.3 is 10.4 Å². The summed E-state index contributed by atoms with van der Waals surface area (Å²) in [5, 5.41) is 18.1. The first-order valence-electron chi connectivity index (χ1n) is 7.09. The van der Waals surface area contributed by atoms with Gasteiger partial charge in [-0.15, -0.1) is 0 Å². The van der Waals surface area contributed by atoms with Crippen LogP contribution in [0.25, 0.3) is 0 Å². The zero-order valence-electron chi connectivity index (χ0n) is 12.9. The molecular formula is C13H22N4O4S. The summed E-state index contributed by atoms with van der Waals surface area (Å²) < 4.78 is 26.2. The smallest absolute Gasteiger partial charge is 0.333 e. The Morgan fingerprint density at radius 2 is 2.00 bits per heavy atom. The third-order valence-electron chi connectivity index (χ3n) is 3.95. The number of aromatic nitrogens is 2. The van der Waals surface area contributed by atoms with Gasteiger partial charge in [0.15, 0.2) is 0 Å². The van der Waals surface area contributed by atoms with Gasteiger partial charge in [0.2, 0.25) is 0 Å². The second kappa shape index (κ2) is 6.45. The van der Waals surface area contributed by atoms with Crippen LogP contribution in [0.15, 0.2) is 0 Å². The number of rotatable bonds is 5. The van der Waals surface area contributed by atoms with E-state index in [0.29, 0.717) is 18.7 Å². The molecule has 4 N–H and O–H groups in total. The van der Waals surface area contributed by atoms with Gasteiger partial charge in [-0.2, -0.15) is 8.42 Å². The molecule has 1 unspecified atom stereocenters. The first-order chi connectivity index (χ1) is 10.2. The second-order valence-electron chi connectivity index (χ2n) is 5.75. The van der Waals surface area contributed by atoms with E-state index in [2.05, 4.69) is 19.5 Å². The van der Waals surface area contributed by atoms with E-state index >= 15 is 0 Å². The van der Waals surface area contributed by atoms with Crippen molar-refractivity contribution in [3.63, 3.8) is 0 Å². The van der Waals surface area contributed by atoms with Crippen molar-refractivity contribution in [2.75, 3.05) is 11.9 Å². The third kappa shape index (κ3) is 4.35. The molecule has 1 heterocycles. The molecule has 0 saturated heterocycles. The Balaban J connectivity index is 2.01. The first-order valence-corrected chi connectivity index (χ1v) is 8.56. The minimum absolute atomic E-state index is 0.00326. The highest BCUT2D eigenvalue weighted by Gasteiger charge is 2.34. The molecule has 0 amide bonds. The van der Waals surface area contributed by atoms with E-state index in [9.17, 15) is 13.5 Å². The molecule has 9 heteroatoms.